The van der Waals surface area contributed by atoms with E-state index in [0.29, 0.717) is 0 Å². The van der Waals surface area contributed by atoms with Crippen molar-refractivity contribution in [3.05, 3.63) is 71.8 Å². The molecule has 0 heterocycles. The molecule has 2 aromatic carbocycles. The van der Waals surface area contributed by atoms with E-state index in [1.165, 1.54) is 36.8 Å². The Kier molecular flexibility index (Phi) is 8.00. The minimum atomic E-state index is 0.733. The molecule has 0 spiro atoms. The fourth-order valence-electron chi connectivity index (χ4n) is 3.56. The van der Waals surface area contributed by atoms with Crippen LogP contribution in [0.4, 0.5) is 0 Å². The first kappa shape index (κ1) is 18.7. The van der Waals surface area contributed by atoms with Gasteiger partial charge in [0.15, 0.2) is 0 Å². The summed E-state index contributed by atoms with van der Waals surface area (Å²) in [5, 5.41) is 7.00. The average Bonchev–Trinajstić information content (AvgIpc) is 2.65. The molecule has 0 unspecified atom stereocenters. The number of rotatable bonds is 5. The lowest BCUT2D eigenvalue weighted by Crippen LogP contribution is -2.37. The topological polar surface area (TPSA) is 23.5 Å². The summed E-state index contributed by atoms with van der Waals surface area (Å²) in [7, 11) is 1.00. The SMILES string of the molecule is CC1CCC(N(Cc2ccccc2)Cc2ccccc2)CC1.CO. The van der Waals surface area contributed by atoms with Gasteiger partial charge in [0.2, 0.25) is 0 Å². The number of hydrogen-bond donors (Lipinski definition) is 1. The summed E-state index contributed by atoms with van der Waals surface area (Å²) < 4.78 is 0. The third-order valence-electron chi connectivity index (χ3n) is 4.96. The van der Waals surface area contributed by atoms with Crippen LogP contribution in [-0.4, -0.2) is 23.2 Å². The summed E-state index contributed by atoms with van der Waals surface area (Å²) in [6, 6.07) is 22.6. The normalized spacial score (nSPS) is 20.3. The number of nitrogens with zero attached hydrogens (tertiary/aromatic N) is 1. The third kappa shape index (κ3) is 5.77. The van der Waals surface area contributed by atoms with Crippen molar-refractivity contribution in [3.63, 3.8) is 0 Å². The van der Waals surface area contributed by atoms with E-state index in [2.05, 4.69) is 72.5 Å². The van der Waals surface area contributed by atoms with Gasteiger partial charge in [-0.3, -0.25) is 4.90 Å². The van der Waals surface area contributed by atoms with E-state index in [4.69, 9.17) is 5.11 Å². The lowest BCUT2D eigenvalue weighted by atomic mass is 9.86. The van der Waals surface area contributed by atoms with Crippen LogP contribution in [0, 0.1) is 5.92 Å². The highest BCUT2D eigenvalue weighted by molar-refractivity contribution is 5.17. The second-order valence-electron chi connectivity index (χ2n) is 6.79. The van der Waals surface area contributed by atoms with Gasteiger partial charge in [0.25, 0.3) is 0 Å². The molecule has 2 nitrogen and oxygen atoms in total. The first-order chi connectivity index (χ1) is 11.8. The summed E-state index contributed by atoms with van der Waals surface area (Å²) >= 11 is 0. The number of hydrogen-bond acceptors (Lipinski definition) is 2. The first-order valence-corrected chi connectivity index (χ1v) is 9.08. The van der Waals surface area contributed by atoms with Crippen LogP contribution in [0.1, 0.15) is 43.7 Å². The van der Waals surface area contributed by atoms with E-state index in [0.717, 1.165) is 32.2 Å². The van der Waals surface area contributed by atoms with Crippen molar-refractivity contribution in [1.82, 2.24) is 4.90 Å². The van der Waals surface area contributed by atoms with E-state index >= 15 is 0 Å². The van der Waals surface area contributed by atoms with Gasteiger partial charge in [-0.25, -0.2) is 0 Å². The van der Waals surface area contributed by atoms with E-state index in [1.807, 2.05) is 0 Å². The van der Waals surface area contributed by atoms with Gasteiger partial charge in [-0.2, -0.15) is 0 Å². The third-order valence-corrected chi connectivity index (χ3v) is 4.96. The highest BCUT2D eigenvalue weighted by Gasteiger charge is 2.24. The van der Waals surface area contributed by atoms with Crippen LogP contribution in [0.3, 0.4) is 0 Å². The van der Waals surface area contributed by atoms with E-state index in [1.54, 1.807) is 0 Å². The quantitative estimate of drug-likeness (QED) is 0.847. The zero-order valence-electron chi connectivity index (χ0n) is 15.1. The molecule has 1 N–H and O–H groups in total. The van der Waals surface area contributed by atoms with Crippen molar-refractivity contribution in [2.75, 3.05) is 7.11 Å². The summed E-state index contributed by atoms with van der Waals surface area (Å²) in [5.41, 5.74) is 2.86. The Morgan fingerprint density at radius 2 is 1.17 bits per heavy atom. The second-order valence-corrected chi connectivity index (χ2v) is 6.79. The molecule has 0 atom stereocenters. The molecule has 1 saturated carbocycles. The zero-order chi connectivity index (χ0) is 17.2. The standard InChI is InChI=1S/C21H27N.CH4O/c1-18-12-14-21(15-13-18)22(16-19-8-4-2-5-9-19)17-20-10-6-3-7-11-20;1-2/h2-11,18,21H,12-17H2,1H3;2H,1H3. The predicted octanol–water partition coefficient (Wildman–Crippen LogP) is 4.88. The molecule has 1 aliphatic rings. The minimum absolute atomic E-state index is 0.733. The van der Waals surface area contributed by atoms with Crippen LogP contribution in [0.25, 0.3) is 0 Å². The van der Waals surface area contributed by atoms with E-state index < -0.39 is 0 Å². The van der Waals surface area contributed by atoms with Gasteiger partial charge < -0.3 is 5.11 Å². The van der Waals surface area contributed by atoms with Crippen LogP contribution >= 0.6 is 0 Å². The van der Waals surface area contributed by atoms with Gasteiger partial charge in [-0.05, 0) is 42.7 Å². The molecule has 2 heteroatoms. The smallest absolute Gasteiger partial charge is 0.0319 e. The van der Waals surface area contributed by atoms with Crippen LogP contribution in [0.15, 0.2) is 60.7 Å². The Labute approximate surface area is 147 Å². The Balaban J connectivity index is 0.00000100. The van der Waals surface area contributed by atoms with Gasteiger partial charge in [0, 0.05) is 26.2 Å². The van der Waals surface area contributed by atoms with Crippen LogP contribution in [-0.2, 0) is 13.1 Å². The number of aliphatic hydroxyl groups excluding tert-OH is 1. The van der Waals surface area contributed by atoms with E-state index in [-0.39, 0.29) is 0 Å². The number of aliphatic hydroxyl groups is 1. The maximum absolute atomic E-state index is 7.00. The Morgan fingerprint density at radius 1 is 0.750 bits per heavy atom. The summed E-state index contributed by atoms with van der Waals surface area (Å²) in [6.45, 7) is 4.53. The van der Waals surface area contributed by atoms with E-state index in [9.17, 15) is 0 Å². The monoisotopic (exact) mass is 325 g/mol. The first-order valence-electron chi connectivity index (χ1n) is 9.08. The Hall–Kier alpha value is -1.64. The average molecular weight is 325 g/mol. The van der Waals surface area contributed by atoms with Crippen molar-refractivity contribution >= 4 is 0 Å². The second kappa shape index (κ2) is 10.3. The Bertz CT molecular complexity index is 505. The van der Waals surface area contributed by atoms with Crippen molar-refractivity contribution < 1.29 is 5.11 Å². The highest BCUT2D eigenvalue weighted by Crippen LogP contribution is 2.29. The molecule has 2 aromatic rings. The fraction of sp³-hybridized carbons (Fsp3) is 0.455. The molecule has 130 valence electrons. The molecule has 0 bridgehead atoms. The molecule has 24 heavy (non-hydrogen) atoms. The molecule has 0 radical (unpaired) electrons. The van der Waals surface area contributed by atoms with Crippen LogP contribution in [0.5, 0.6) is 0 Å². The maximum atomic E-state index is 7.00. The van der Waals surface area contributed by atoms with Crippen molar-refractivity contribution in [2.24, 2.45) is 5.92 Å². The van der Waals surface area contributed by atoms with Crippen molar-refractivity contribution in [2.45, 2.75) is 51.7 Å². The van der Waals surface area contributed by atoms with Crippen LogP contribution < -0.4 is 0 Å². The van der Waals surface area contributed by atoms with Gasteiger partial charge in [-0.15, -0.1) is 0 Å². The lowest BCUT2D eigenvalue weighted by Gasteiger charge is -2.36. The van der Waals surface area contributed by atoms with Gasteiger partial charge >= 0.3 is 0 Å². The molecule has 3 rings (SSSR count). The lowest BCUT2D eigenvalue weighted by molar-refractivity contribution is 0.125. The predicted molar refractivity (Wildman–Crippen MR) is 102 cm³/mol. The molecule has 0 aliphatic heterocycles. The van der Waals surface area contributed by atoms with Crippen molar-refractivity contribution in [1.29, 1.82) is 0 Å². The molecule has 1 fully saturated rings. The molecule has 1 aliphatic carbocycles. The van der Waals surface area contributed by atoms with Gasteiger partial charge in [0.05, 0.1) is 0 Å². The summed E-state index contributed by atoms with van der Waals surface area (Å²) in [6.07, 6.45) is 5.46. The molecule has 0 aromatic heterocycles. The minimum Gasteiger partial charge on any atom is -0.400 e. The summed E-state index contributed by atoms with van der Waals surface area (Å²) in [5.74, 6) is 0.909. The maximum Gasteiger partial charge on any atom is 0.0319 e. The van der Waals surface area contributed by atoms with Gasteiger partial charge in [-0.1, -0.05) is 67.6 Å². The molecule has 0 saturated heterocycles. The van der Waals surface area contributed by atoms with Crippen LogP contribution in [0.2, 0.25) is 0 Å². The molecule has 0 amide bonds. The zero-order valence-corrected chi connectivity index (χ0v) is 15.1. The largest absolute Gasteiger partial charge is 0.400 e. The number of benzene rings is 2. The van der Waals surface area contributed by atoms with Gasteiger partial charge in [0.1, 0.15) is 0 Å². The molecular weight excluding hydrogens is 294 g/mol. The fourth-order valence-corrected chi connectivity index (χ4v) is 3.56. The van der Waals surface area contributed by atoms with Crippen molar-refractivity contribution in [3.8, 4) is 0 Å². The Morgan fingerprint density at radius 3 is 1.58 bits per heavy atom. The highest BCUT2D eigenvalue weighted by atomic mass is 16.2. The summed E-state index contributed by atoms with van der Waals surface area (Å²) in [4.78, 5) is 2.69. The molecular formula is C22H31NO.